The van der Waals surface area contributed by atoms with Gasteiger partial charge in [-0.1, -0.05) is 24.6 Å². The van der Waals surface area contributed by atoms with E-state index in [1.165, 1.54) is 31.2 Å². The second kappa shape index (κ2) is 8.08. The summed E-state index contributed by atoms with van der Waals surface area (Å²) >= 11 is 0. The lowest BCUT2D eigenvalue weighted by molar-refractivity contribution is 0.354. The maximum atomic E-state index is 5.40. The smallest absolute Gasteiger partial charge is 0.160 e. The van der Waals surface area contributed by atoms with Crippen LogP contribution in [0.5, 0.6) is 11.5 Å². The highest BCUT2D eigenvalue weighted by molar-refractivity contribution is 5.43. The van der Waals surface area contributed by atoms with Crippen LogP contribution < -0.4 is 14.8 Å². The molecule has 0 spiro atoms. The summed E-state index contributed by atoms with van der Waals surface area (Å²) in [5, 5.41) is 3.63. The Kier molecular flexibility index (Phi) is 6.12. The van der Waals surface area contributed by atoms with Gasteiger partial charge in [-0.25, -0.2) is 0 Å². The molecule has 21 heavy (non-hydrogen) atoms. The molecule has 3 nitrogen and oxygen atoms in total. The molecule has 2 rings (SSSR count). The summed E-state index contributed by atoms with van der Waals surface area (Å²) in [5.41, 5.74) is 2.85. The topological polar surface area (TPSA) is 30.5 Å². The third-order valence-electron chi connectivity index (χ3n) is 4.11. The maximum absolute atomic E-state index is 5.40. The van der Waals surface area contributed by atoms with Crippen molar-refractivity contribution in [2.24, 2.45) is 0 Å². The fourth-order valence-corrected chi connectivity index (χ4v) is 3.00. The van der Waals surface area contributed by atoms with Gasteiger partial charge in [0.05, 0.1) is 14.2 Å². The molecule has 0 radical (unpaired) electrons. The lowest BCUT2D eigenvalue weighted by atomic mass is 9.90. The molecule has 1 atom stereocenters. The zero-order valence-electron chi connectivity index (χ0n) is 13.4. The molecule has 1 N–H and O–H groups in total. The monoisotopic (exact) mass is 289 g/mol. The fourth-order valence-electron chi connectivity index (χ4n) is 3.00. The fraction of sp³-hybridized carbons (Fsp3) is 0.556. The molecule has 0 fully saturated rings. The van der Waals surface area contributed by atoms with E-state index in [0.717, 1.165) is 24.5 Å². The number of ether oxygens (including phenoxy) is 2. The number of hydrogen-bond donors (Lipinski definition) is 1. The number of methoxy groups -OCH3 is 2. The molecule has 0 bridgehead atoms. The first-order valence-electron chi connectivity index (χ1n) is 7.91. The average molecular weight is 289 g/mol. The van der Waals surface area contributed by atoms with Crippen LogP contribution in [0.2, 0.25) is 0 Å². The molecule has 0 heterocycles. The molecule has 0 aromatic heterocycles. The van der Waals surface area contributed by atoms with Crippen LogP contribution in [0, 0.1) is 0 Å². The summed E-state index contributed by atoms with van der Waals surface area (Å²) in [4.78, 5) is 0. The first-order valence-corrected chi connectivity index (χ1v) is 7.91. The number of likely N-dealkylation sites (N-methyl/N-ethyl adjacent to an activating group) is 1. The minimum absolute atomic E-state index is 0.438. The highest BCUT2D eigenvalue weighted by Gasteiger charge is 2.16. The van der Waals surface area contributed by atoms with Crippen molar-refractivity contribution in [3.8, 4) is 11.5 Å². The van der Waals surface area contributed by atoms with E-state index in [1.54, 1.807) is 19.8 Å². The summed E-state index contributed by atoms with van der Waals surface area (Å²) in [6.07, 6.45) is 8.53. The van der Waals surface area contributed by atoms with Gasteiger partial charge in [-0.3, -0.25) is 0 Å². The summed E-state index contributed by atoms with van der Waals surface area (Å²) in [7, 11) is 3.36. The SMILES string of the molecule is CCNC(Cc1ccc(OC)c(OC)c1)C1=CCCCC1. The van der Waals surface area contributed by atoms with E-state index in [0.29, 0.717) is 6.04 Å². The predicted octanol–water partition coefficient (Wildman–Crippen LogP) is 3.72. The Morgan fingerprint density at radius 2 is 1.95 bits per heavy atom. The third kappa shape index (κ3) is 4.24. The van der Waals surface area contributed by atoms with Gasteiger partial charge in [0, 0.05) is 6.04 Å². The number of hydrogen-bond acceptors (Lipinski definition) is 3. The van der Waals surface area contributed by atoms with Crippen LogP contribution >= 0.6 is 0 Å². The van der Waals surface area contributed by atoms with E-state index in [1.807, 2.05) is 6.07 Å². The second-order valence-corrected chi connectivity index (χ2v) is 5.53. The molecule has 1 aromatic carbocycles. The predicted molar refractivity (Wildman–Crippen MR) is 87.3 cm³/mol. The average Bonchev–Trinajstić information content (AvgIpc) is 2.55. The summed E-state index contributed by atoms with van der Waals surface area (Å²) in [6.45, 7) is 3.17. The van der Waals surface area contributed by atoms with Gasteiger partial charge in [-0.15, -0.1) is 0 Å². The van der Waals surface area contributed by atoms with Crippen molar-refractivity contribution in [1.29, 1.82) is 0 Å². The van der Waals surface area contributed by atoms with Crippen LogP contribution in [0.1, 0.15) is 38.2 Å². The van der Waals surface area contributed by atoms with Crippen molar-refractivity contribution in [2.75, 3.05) is 20.8 Å². The van der Waals surface area contributed by atoms with Gasteiger partial charge >= 0.3 is 0 Å². The van der Waals surface area contributed by atoms with E-state index >= 15 is 0 Å². The Morgan fingerprint density at radius 3 is 2.57 bits per heavy atom. The van der Waals surface area contributed by atoms with Crippen LogP contribution in [0.25, 0.3) is 0 Å². The van der Waals surface area contributed by atoms with Gasteiger partial charge in [0.15, 0.2) is 11.5 Å². The van der Waals surface area contributed by atoms with Crippen molar-refractivity contribution >= 4 is 0 Å². The molecule has 0 aliphatic heterocycles. The Balaban J connectivity index is 2.14. The van der Waals surface area contributed by atoms with Crippen LogP contribution in [-0.4, -0.2) is 26.8 Å². The van der Waals surface area contributed by atoms with E-state index in [2.05, 4.69) is 30.4 Å². The van der Waals surface area contributed by atoms with E-state index in [-0.39, 0.29) is 0 Å². The Morgan fingerprint density at radius 1 is 1.14 bits per heavy atom. The van der Waals surface area contributed by atoms with Gasteiger partial charge < -0.3 is 14.8 Å². The summed E-state index contributed by atoms with van der Waals surface area (Å²) in [6, 6.07) is 6.65. The first-order chi connectivity index (χ1) is 10.3. The molecule has 1 unspecified atom stereocenters. The lowest BCUT2D eigenvalue weighted by Gasteiger charge is -2.24. The minimum atomic E-state index is 0.438. The van der Waals surface area contributed by atoms with Crippen LogP contribution in [0.15, 0.2) is 29.8 Å². The molecular weight excluding hydrogens is 262 g/mol. The zero-order valence-corrected chi connectivity index (χ0v) is 13.4. The van der Waals surface area contributed by atoms with Crippen molar-refractivity contribution in [1.82, 2.24) is 5.32 Å². The van der Waals surface area contributed by atoms with Crippen molar-refractivity contribution in [2.45, 2.75) is 45.1 Å². The number of benzene rings is 1. The van der Waals surface area contributed by atoms with E-state index < -0.39 is 0 Å². The molecule has 0 amide bonds. The van der Waals surface area contributed by atoms with Gasteiger partial charge in [0.1, 0.15) is 0 Å². The number of allylic oxidation sites excluding steroid dienone is 1. The molecule has 1 aromatic rings. The van der Waals surface area contributed by atoms with Crippen molar-refractivity contribution < 1.29 is 9.47 Å². The zero-order chi connectivity index (χ0) is 15.1. The highest BCUT2D eigenvalue weighted by Crippen LogP contribution is 2.29. The van der Waals surface area contributed by atoms with Gasteiger partial charge in [0.2, 0.25) is 0 Å². The van der Waals surface area contributed by atoms with Gasteiger partial charge in [-0.05, 0) is 56.3 Å². The molecule has 1 aliphatic rings. The normalized spacial score (nSPS) is 16.2. The molecule has 116 valence electrons. The minimum Gasteiger partial charge on any atom is -0.493 e. The molecule has 0 saturated heterocycles. The third-order valence-corrected chi connectivity index (χ3v) is 4.11. The van der Waals surface area contributed by atoms with Gasteiger partial charge in [0.25, 0.3) is 0 Å². The van der Waals surface area contributed by atoms with Crippen molar-refractivity contribution in [3.05, 3.63) is 35.4 Å². The first kappa shape index (κ1) is 15.9. The van der Waals surface area contributed by atoms with Crippen LogP contribution in [0.4, 0.5) is 0 Å². The number of rotatable bonds is 7. The van der Waals surface area contributed by atoms with E-state index in [4.69, 9.17) is 9.47 Å². The molecular formula is C18H27NO2. The summed E-state index contributed by atoms with van der Waals surface area (Å²) < 4.78 is 10.7. The molecule has 1 aliphatic carbocycles. The second-order valence-electron chi connectivity index (χ2n) is 5.53. The quantitative estimate of drug-likeness (QED) is 0.776. The number of nitrogens with one attached hydrogen (secondary N) is 1. The molecule has 3 heteroatoms. The summed E-state index contributed by atoms with van der Waals surface area (Å²) in [5.74, 6) is 1.60. The van der Waals surface area contributed by atoms with Crippen LogP contribution in [-0.2, 0) is 6.42 Å². The Bertz CT molecular complexity index is 482. The van der Waals surface area contributed by atoms with Crippen molar-refractivity contribution in [3.63, 3.8) is 0 Å². The largest absolute Gasteiger partial charge is 0.493 e. The van der Waals surface area contributed by atoms with Gasteiger partial charge in [-0.2, -0.15) is 0 Å². The van der Waals surface area contributed by atoms with Crippen LogP contribution in [0.3, 0.4) is 0 Å². The lowest BCUT2D eigenvalue weighted by Crippen LogP contribution is -2.33. The standard InChI is InChI=1S/C18H27NO2/c1-4-19-16(15-8-6-5-7-9-15)12-14-10-11-17(20-2)18(13-14)21-3/h8,10-11,13,16,19H,4-7,9,12H2,1-3H3. The highest BCUT2D eigenvalue weighted by atomic mass is 16.5. The Labute approximate surface area is 128 Å². The van der Waals surface area contributed by atoms with E-state index in [9.17, 15) is 0 Å². The maximum Gasteiger partial charge on any atom is 0.160 e. The molecule has 0 saturated carbocycles. The Hall–Kier alpha value is -1.48.